The van der Waals surface area contributed by atoms with E-state index < -0.39 is 0 Å². The van der Waals surface area contributed by atoms with E-state index in [1.807, 2.05) is 24.3 Å². The number of nitrogens with one attached hydrogen (secondary N) is 2. The highest BCUT2D eigenvalue weighted by atomic mass is 32.1. The largest absolute Gasteiger partial charge is 0.381 e. The molecule has 2 fully saturated rings. The van der Waals surface area contributed by atoms with Crippen LogP contribution in [0.15, 0.2) is 42.6 Å². The van der Waals surface area contributed by atoms with Crippen LogP contribution in [-0.4, -0.2) is 56.2 Å². The Morgan fingerprint density at radius 3 is 2.40 bits per heavy atom. The fourth-order valence-corrected chi connectivity index (χ4v) is 4.19. The molecule has 2 aliphatic rings. The first-order chi connectivity index (χ1) is 14.6. The van der Waals surface area contributed by atoms with E-state index in [1.54, 1.807) is 6.20 Å². The molecule has 1 aromatic carbocycles. The van der Waals surface area contributed by atoms with Crippen molar-refractivity contribution in [3.8, 4) is 0 Å². The predicted molar refractivity (Wildman–Crippen MR) is 120 cm³/mol. The Morgan fingerprint density at radius 1 is 1.03 bits per heavy atom. The molecule has 2 aromatic rings. The zero-order valence-corrected chi connectivity index (χ0v) is 17.7. The van der Waals surface area contributed by atoms with Crippen LogP contribution in [0.25, 0.3) is 0 Å². The van der Waals surface area contributed by atoms with Crippen molar-refractivity contribution < 1.29 is 13.9 Å². The van der Waals surface area contributed by atoms with Gasteiger partial charge in [0.25, 0.3) is 0 Å². The lowest BCUT2D eigenvalue weighted by molar-refractivity contribution is 0.0515. The Kier molecular flexibility index (Phi) is 6.76. The lowest BCUT2D eigenvalue weighted by Crippen LogP contribution is -2.45. The third-order valence-electron chi connectivity index (χ3n) is 5.83. The number of halogens is 1. The summed E-state index contributed by atoms with van der Waals surface area (Å²) < 4.78 is 24.3. The number of anilines is 2. The number of aromatic nitrogens is 1. The van der Waals surface area contributed by atoms with Gasteiger partial charge in [-0.05, 0) is 54.9 Å². The number of hydrogen-bond donors (Lipinski definition) is 2. The molecule has 0 unspecified atom stereocenters. The lowest BCUT2D eigenvalue weighted by atomic mass is 9.74. The molecule has 6 nitrogen and oxygen atoms in total. The first kappa shape index (κ1) is 21.0. The van der Waals surface area contributed by atoms with Crippen molar-refractivity contribution in [3.63, 3.8) is 0 Å². The average Bonchev–Trinajstić information content (AvgIpc) is 2.80. The normalized spacial score (nSPS) is 18.6. The summed E-state index contributed by atoms with van der Waals surface area (Å²) in [5.74, 6) is 0.722. The quantitative estimate of drug-likeness (QED) is 0.707. The molecule has 1 aromatic heterocycles. The standard InChI is InChI=1S/C22H27FN4O2S/c23-18-3-1-17(2-4-18)22(7-11-28-12-8-22)16-25-21(30)26-19-5-6-20(24-15-19)27-9-13-29-14-10-27/h1-6,15H,7-14,16H2,(H2,25,26,30). The van der Waals surface area contributed by atoms with Gasteiger partial charge in [0.05, 0.1) is 25.1 Å². The van der Waals surface area contributed by atoms with Gasteiger partial charge in [-0.2, -0.15) is 0 Å². The van der Waals surface area contributed by atoms with Crippen LogP contribution in [0.3, 0.4) is 0 Å². The van der Waals surface area contributed by atoms with Gasteiger partial charge in [-0.1, -0.05) is 12.1 Å². The topological polar surface area (TPSA) is 58.7 Å². The van der Waals surface area contributed by atoms with E-state index in [0.29, 0.717) is 24.9 Å². The molecule has 0 spiro atoms. The number of benzene rings is 1. The number of ether oxygens (including phenoxy) is 2. The second kappa shape index (κ2) is 9.68. The number of pyridine rings is 1. The summed E-state index contributed by atoms with van der Waals surface area (Å²) in [6, 6.07) is 10.8. The summed E-state index contributed by atoms with van der Waals surface area (Å²) in [4.78, 5) is 6.75. The van der Waals surface area contributed by atoms with Gasteiger partial charge in [0.2, 0.25) is 0 Å². The van der Waals surface area contributed by atoms with E-state index in [0.717, 1.165) is 56.2 Å². The molecule has 4 rings (SSSR count). The molecule has 30 heavy (non-hydrogen) atoms. The van der Waals surface area contributed by atoms with Gasteiger partial charge in [-0.15, -0.1) is 0 Å². The van der Waals surface area contributed by atoms with Gasteiger partial charge < -0.3 is 25.0 Å². The minimum atomic E-state index is -0.223. The second-order valence-electron chi connectivity index (χ2n) is 7.71. The van der Waals surface area contributed by atoms with Gasteiger partial charge in [0.1, 0.15) is 11.6 Å². The Morgan fingerprint density at radius 2 is 1.73 bits per heavy atom. The van der Waals surface area contributed by atoms with Crippen molar-refractivity contribution in [2.75, 3.05) is 56.3 Å². The third kappa shape index (κ3) is 5.06. The summed E-state index contributed by atoms with van der Waals surface area (Å²) in [7, 11) is 0. The monoisotopic (exact) mass is 430 g/mol. The predicted octanol–water partition coefficient (Wildman–Crippen LogP) is 3.09. The van der Waals surface area contributed by atoms with E-state index >= 15 is 0 Å². The third-order valence-corrected chi connectivity index (χ3v) is 6.08. The number of rotatable bonds is 5. The average molecular weight is 431 g/mol. The maximum atomic E-state index is 13.4. The van der Waals surface area contributed by atoms with Gasteiger partial charge >= 0.3 is 0 Å². The molecular weight excluding hydrogens is 403 g/mol. The fourth-order valence-electron chi connectivity index (χ4n) is 4.00. The Balaban J connectivity index is 1.36. The Hall–Kier alpha value is -2.29. The van der Waals surface area contributed by atoms with E-state index in [-0.39, 0.29) is 11.2 Å². The maximum Gasteiger partial charge on any atom is 0.170 e. The smallest absolute Gasteiger partial charge is 0.170 e. The lowest BCUT2D eigenvalue weighted by Gasteiger charge is -2.38. The number of nitrogens with zero attached hydrogens (tertiary/aromatic N) is 2. The summed E-state index contributed by atoms with van der Waals surface area (Å²) in [6.07, 6.45) is 3.52. The van der Waals surface area contributed by atoms with Crippen LogP contribution >= 0.6 is 12.2 Å². The van der Waals surface area contributed by atoms with Crippen LogP contribution in [0.5, 0.6) is 0 Å². The summed E-state index contributed by atoms with van der Waals surface area (Å²) in [5, 5.41) is 7.11. The maximum absolute atomic E-state index is 13.4. The molecule has 8 heteroatoms. The number of morpholine rings is 1. The molecule has 2 saturated heterocycles. The molecule has 0 radical (unpaired) electrons. The molecule has 2 aliphatic heterocycles. The minimum absolute atomic E-state index is 0.129. The van der Waals surface area contributed by atoms with Crippen LogP contribution in [0.4, 0.5) is 15.9 Å². The van der Waals surface area contributed by atoms with Crippen molar-refractivity contribution in [3.05, 3.63) is 54.0 Å². The van der Waals surface area contributed by atoms with Crippen molar-refractivity contribution in [1.82, 2.24) is 10.3 Å². The molecule has 0 bridgehead atoms. The van der Waals surface area contributed by atoms with Crippen LogP contribution < -0.4 is 15.5 Å². The van der Waals surface area contributed by atoms with Gasteiger partial charge in [-0.3, -0.25) is 0 Å². The summed E-state index contributed by atoms with van der Waals surface area (Å²) in [6.45, 7) is 5.21. The Labute approximate surface area is 181 Å². The van der Waals surface area contributed by atoms with Crippen LogP contribution in [0.2, 0.25) is 0 Å². The zero-order valence-electron chi connectivity index (χ0n) is 16.9. The van der Waals surface area contributed by atoms with Crippen molar-refractivity contribution in [2.45, 2.75) is 18.3 Å². The first-order valence-electron chi connectivity index (χ1n) is 10.3. The van der Waals surface area contributed by atoms with E-state index in [9.17, 15) is 4.39 Å². The van der Waals surface area contributed by atoms with E-state index in [1.165, 1.54) is 12.1 Å². The van der Waals surface area contributed by atoms with Gasteiger partial charge in [0, 0.05) is 38.3 Å². The molecule has 0 aliphatic carbocycles. The van der Waals surface area contributed by atoms with E-state index in [4.69, 9.17) is 21.7 Å². The Bertz CT molecular complexity index is 835. The SMILES string of the molecule is Fc1ccc(C2(CNC(=S)Nc3ccc(N4CCOCC4)nc3)CCOCC2)cc1. The van der Waals surface area contributed by atoms with E-state index in [2.05, 4.69) is 20.5 Å². The minimum Gasteiger partial charge on any atom is -0.381 e. The van der Waals surface area contributed by atoms with Gasteiger partial charge in [0.15, 0.2) is 5.11 Å². The van der Waals surface area contributed by atoms with Gasteiger partial charge in [-0.25, -0.2) is 9.37 Å². The molecule has 160 valence electrons. The first-order valence-corrected chi connectivity index (χ1v) is 10.7. The summed E-state index contributed by atoms with van der Waals surface area (Å²) >= 11 is 5.51. The zero-order chi connectivity index (χ0) is 20.8. The molecule has 2 N–H and O–H groups in total. The highest BCUT2D eigenvalue weighted by molar-refractivity contribution is 7.80. The molecule has 0 atom stereocenters. The second-order valence-corrected chi connectivity index (χ2v) is 8.12. The molecular formula is C22H27FN4O2S. The number of thiocarbonyl (C=S) groups is 1. The summed E-state index contributed by atoms with van der Waals surface area (Å²) in [5.41, 5.74) is 1.82. The highest BCUT2D eigenvalue weighted by Gasteiger charge is 2.34. The van der Waals surface area contributed by atoms with Crippen molar-refractivity contribution in [2.24, 2.45) is 0 Å². The molecule has 0 amide bonds. The van der Waals surface area contributed by atoms with Crippen molar-refractivity contribution in [1.29, 1.82) is 0 Å². The van der Waals surface area contributed by atoms with Crippen LogP contribution in [0.1, 0.15) is 18.4 Å². The number of hydrogen-bond acceptors (Lipinski definition) is 5. The van der Waals surface area contributed by atoms with Crippen LogP contribution in [0, 0.1) is 5.82 Å². The molecule has 0 saturated carbocycles. The fraction of sp³-hybridized carbons (Fsp3) is 0.455. The van der Waals surface area contributed by atoms with Crippen molar-refractivity contribution >= 4 is 28.8 Å². The highest BCUT2D eigenvalue weighted by Crippen LogP contribution is 2.34. The van der Waals surface area contributed by atoms with Crippen LogP contribution in [-0.2, 0) is 14.9 Å². The molecule has 3 heterocycles.